The van der Waals surface area contributed by atoms with Gasteiger partial charge in [0.1, 0.15) is 0 Å². The zero-order chi connectivity index (χ0) is 15.0. The zero-order valence-electron chi connectivity index (χ0n) is 12.9. The summed E-state index contributed by atoms with van der Waals surface area (Å²) in [6.45, 7) is 4.46. The van der Waals surface area contributed by atoms with Crippen LogP contribution in [0.3, 0.4) is 0 Å². The first kappa shape index (κ1) is 17.0. The number of aliphatic carboxylic acids is 1. The summed E-state index contributed by atoms with van der Waals surface area (Å²) in [5.41, 5.74) is -0.725. The van der Waals surface area contributed by atoms with Crippen molar-refractivity contribution in [3.8, 4) is 0 Å². The van der Waals surface area contributed by atoms with Crippen LogP contribution in [0.1, 0.15) is 71.6 Å². The van der Waals surface area contributed by atoms with E-state index in [2.05, 4.69) is 19.2 Å². The summed E-state index contributed by atoms with van der Waals surface area (Å²) in [6.07, 6.45) is 8.15. The van der Waals surface area contributed by atoms with Crippen LogP contribution in [0.4, 0.5) is 0 Å². The lowest BCUT2D eigenvalue weighted by molar-refractivity contribution is -0.151. The lowest BCUT2D eigenvalue weighted by Gasteiger charge is -2.33. The molecule has 0 heterocycles. The molecule has 0 saturated heterocycles. The minimum absolute atomic E-state index is 0.0411. The molecule has 0 aromatic heterocycles. The number of hydrogen-bond acceptors (Lipinski definition) is 2. The molecule has 0 bridgehead atoms. The molecule has 1 saturated carbocycles. The van der Waals surface area contributed by atoms with Gasteiger partial charge in [0, 0.05) is 12.5 Å². The second kappa shape index (κ2) is 8.28. The van der Waals surface area contributed by atoms with Gasteiger partial charge in [-0.3, -0.25) is 9.59 Å². The first-order valence-electron chi connectivity index (χ1n) is 8.07. The van der Waals surface area contributed by atoms with E-state index in [1.807, 2.05) is 0 Å². The highest BCUT2D eigenvalue weighted by atomic mass is 16.4. The molecule has 2 N–H and O–H groups in total. The Labute approximate surface area is 122 Å². The van der Waals surface area contributed by atoms with E-state index in [0.29, 0.717) is 19.4 Å². The lowest BCUT2D eigenvalue weighted by atomic mass is 9.74. The van der Waals surface area contributed by atoms with Crippen LogP contribution in [-0.2, 0) is 9.59 Å². The Balaban J connectivity index is 2.57. The summed E-state index contributed by atoms with van der Waals surface area (Å²) < 4.78 is 0. The highest BCUT2D eigenvalue weighted by Crippen LogP contribution is 2.36. The van der Waals surface area contributed by atoms with Crippen molar-refractivity contribution in [1.82, 2.24) is 5.32 Å². The van der Waals surface area contributed by atoms with Crippen LogP contribution in [0.25, 0.3) is 0 Å². The van der Waals surface area contributed by atoms with Crippen molar-refractivity contribution < 1.29 is 14.7 Å². The van der Waals surface area contributed by atoms with E-state index in [1.54, 1.807) is 0 Å². The van der Waals surface area contributed by atoms with Gasteiger partial charge >= 0.3 is 5.97 Å². The normalized spacial score (nSPS) is 17.9. The molecule has 0 radical (unpaired) electrons. The van der Waals surface area contributed by atoms with E-state index < -0.39 is 11.4 Å². The average molecular weight is 283 g/mol. The maximum atomic E-state index is 12.2. The van der Waals surface area contributed by atoms with Gasteiger partial charge in [-0.05, 0) is 25.7 Å². The molecule has 0 unspecified atom stereocenters. The van der Waals surface area contributed by atoms with Crippen LogP contribution in [0.2, 0.25) is 0 Å². The molecule has 0 spiro atoms. The van der Waals surface area contributed by atoms with Crippen molar-refractivity contribution in [1.29, 1.82) is 0 Å². The van der Waals surface area contributed by atoms with Gasteiger partial charge in [0.05, 0.1) is 5.41 Å². The third-order valence-electron chi connectivity index (χ3n) is 4.51. The molecule has 1 amide bonds. The summed E-state index contributed by atoms with van der Waals surface area (Å²) in [6, 6.07) is 0. The van der Waals surface area contributed by atoms with Crippen LogP contribution >= 0.6 is 0 Å². The SMILES string of the molecule is CCCC(CCC)C(=O)NCC1(C(=O)O)CCCCC1. The summed E-state index contributed by atoms with van der Waals surface area (Å²) >= 11 is 0. The van der Waals surface area contributed by atoms with Crippen molar-refractivity contribution in [2.24, 2.45) is 11.3 Å². The highest BCUT2D eigenvalue weighted by molar-refractivity contribution is 5.80. The Hall–Kier alpha value is -1.06. The van der Waals surface area contributed by atoms with Gasteiger partial charge in [-0.15, -0.1) is 0 Å². The first-order valence-corrected chi connectivity index (χ1v) is 8.07. The van der Waals surface area contributed by atoms with Crippen molar-refractivity contribution in [3.63, 3.8) is 0 Å². The van der Waals surface area contributed by atoms with Crippen LogP contribution in [0.5, 0.6) is 0 Å². The second-order valence-corrected chi connectivity index (χ2v) is 6.14. The minimum Gasteiger partial charge on any atom is -0.481 e. The van der Waals surface area contributed by atoms with Crippen molar-refractivity contribution in [2.75, 3.05) is 6.54 Å². The van der Waals surface area contributed by atoms with Crippen molar-refractivity contribution >= 4 is 11.9 Å². The Morgan fingerprint density at radius 2 is 1.65 bits per heavy atom. The monoisotopic (exact) mass is 283 g/mol. The topological polar surface area (TPSA) is 66.4 Å². The van der Waals surface area contributed by atoms with E-state index in [0.717, 1.165) is 44.9 Å². The van der Waals surface area contributed by atoms with E-state index in [4.69, 9.17) is 0 Å². The number of hydrogen-bond donors (Lipinski definition) is 2. The number of rotatable bonds is 8. The number of carboxylic acid groups (broad SMARTS) is 1. The average Bonchev–Trinajstić information content (AvgIpc) is 2.45. The number of amides is 1. The van der Waals surface area contributed by atoms with E-state index >= 15 is 0 Å². The number of carboxylic acids is 1. The molecule has 1 aliphatic carbocycles. The molecule has 0 aromatic rings. The lowest BCUT2D eigenvalue weighted by Crippen LogP contribution is -2.45. The molecular formula is C16H29NO3. The van der Waals surface area contributed by atoms with Gasteiger partial charge in [0.2, 0.25) is 5.91 Å². The highest BCUT2D eigenvalue weighted by Gasteiger charge is 2.40. The largest absolute Gasteiger partial charge is 0.481 e. The van der Waals surface area contributed by atoms with Gasteiger partial charge in [0.25, 0.3) is 0 Å². The molecule has 0 atom stereocenters. The summed E-state index contributed by atoms with van der Waals surface area (Å²) in [4.78, 5) is 23.8. The maximum absolute atomic E-state index is 12.2. The van der Waals surface area contributed by atoms with Gasteiger partial charge in [0.15, 0.2) is 0 Å². The first-order chi connectivity index (χ1) is 9.55. The number of carbonyl (C=O) groups is 2. The van der Waals surface area contributed by atoms with Crippen LogP contribution in [0.15, 0.2) is 0 Å². The molecule has 1 aliphatic rings. The zero-order valence-corrected chi connectivity index (χ0v) is 12.9. The van der Waals surface area contributed by atoms with Crippen LogP contribution in [0, 0.1) is 11.3 Å². The Bertz CT molecular complexity index is 316. The predicted molar refractivity (Wildman–Crippen MR) is 79.5 cm³/mol. The van der Waals surface area contributed by atoms with Crippen molar-refractivity contribution in [2.45, 2.75) is 71.6 Å². The van der Waals surface area contributed by atoms with Crippen LogP contribution in [-0.4, -0.2) is 23.5 Å². The van der Waals surface area contributed by atoms with Gasteiger partial charge in [-0.2, -0.15) is 0 Å². The standard InChI is InChI=1S/C16H29NO3/c1-3-8-13(9-4-2)14(18)17-12-16(15(19)20)10-6-5-7-11-16/h13H,3-12H2,1-2H3,(H,17,18)(H,19,20). The second-order valence-electron chi connectivity index (χ2n) is 6.14. The summed E-state index contributed by atoms with van der Waals surface area (Å²) in [5.74, 6) is -0.667. The predicted octanol–water partition coefficient (Wildman–Crippen LogP) is 3.35. The van der Waals surface area contributed by atoms with E-state index in [1.165, 1.54) is 0 Å². The summed E-state index contributed by atoms with van der Waals surface area (Å²) in [5, 5.41) is 12.4. The Morgan fingerprint density at radius 3 is 2.10 bits per heavy atom. The number of nitrogens with one attached hydrogen (secondary N) is 1. The van der Waals surface area contributed by atoms with E-state index in [9.17, 15) is 14.7 Å². The fraction of sp³-hybridized carbons (Fsp3) is 0.875. The number of carbonyl (C=O) groups excluding carboxylic acids is 1. The van der Waals surface area contributed by atoms with E-state index in [-0.39, 0.29) is 11.8 Å². The summed E-state index contributed by atoms with van der Waals surface area (Å²) in [7, 11) is 0. The minimum atomic E-state index is -0.750. The Kier molecular flexibility index (Phi) is 7.03. The molecule has 116 valence electrons. The molecular weight excluding hydrogens is 254 g/mol. The van der Waals surface area contributed by atoms with Gasteiger partial charge < -0.3 is 10.4 Å². The molecule has 0 aromatic carbocycles. The molecule has 1 fully saturated rings. The van der Waals surface area contributed by atoms with Gasteiger partial charge in [-0.25, -0.2) is 0 Å². The molecule has 4 nitrogen and oxygen atoms in total. The molecule has 4 heteroatoms. The van der Waals surface area contributed by atoms with Crippen molar-refractivity contribution in [3.05, 3.63) is 0 Å². The Morgan fingerprint density at radius 1 is 1.10 bits per heavy atom. The molecule has 0 aliphatic heterocycles. The fourth-order valence-electron chi connectivity index (χ4n) is 3.20. The third-order valence-corrected chi connectivity index (χ3v) is 4.51. The smallest absolute Gasteiger partial charge is 0.311 e. The molecule has 1 rings (SSSR count). The molecule has 20 heavy (non-hydrogen) atoms. The van der Waals surface area contributed by atoms with Crippen LogP contribution < -0.4 is 5.32 Å². The maximum Gasteiger partial charge on any atom is 0.311 e. The third kappa shape index (κ3) is 4.50. The quantitative estimate of drug-likeness (QED) is 0.718. The van der Waals surface area contributed by atoms with Gasteiger partial charge in [-0.1, -0.05) is 46.0 Å². The fourth-order valence-corrected chi connectivity index (χ4v) is 3.20.